The molecule has 5 heteroatoms. The van der Waals surface area contributed by atoms with E-state index in [2.05, 4.69) is 21.2 Å². The maximum Gasteiger partial charge on any atom is 0.412 e. The summed E-state index contributed by atoms with van der Waals surface area (Å²) in [6, 6.07) is 7.14. The van der Waals surface area contributed by atoms with Crippen LogP contribution in [0, 0.1) is 0 Å². The SMILES string of the molecule is CC(C)(C)OC(=O)Nc1ccc(OCCBr)cc1. The Hall–Kier alpha value is -1.23. The summed E-state index contributed by atoms with van der Waals surface area (Å²) in [4.78, 5) is 11.5. The zero-order valence-electron chi connectivity index (χ0n) is 10.8. The molecule has 1 aromatic rings. The summed E-state index contributed by atoms with van der Waals surface area (Å²) in [7, 11) is 0. The molecule has 0 saturated carbocycles. The summed E-state index contributed by atoms with van der Waals surface area (Å²) < 4.78 is 10.6. The van der Waals surface area contributed by atoms with Gasteiger partial charge in [0.15, 0.2) is 0 Å². The number of benzene rings is 1. The van der Waals surface area contributed by atoms with Gasteiger partial charge in [0.05, 0.1) is 6.61 Å². The monoisotopic (exact) mass is 315 g/mol. The van der Waals surface area contributed by atoms with Crippen LogP contribution in [0.4, 0.5) is 10.5 Å². The maximum absolute atomic E-state index is 11.5. The highest BCUT2D eigenvalue weighted by molar-refractivity contribution is 9.09. The molecule has 0 heterocycles. The number of carbonyl (C=O) groups excluding carboxylic acids is 1. The van der Waals surface area contributed by atoms with Gasteiger partial charge in [0.1, 0.15) is 11.4 Å². The van der Waals surface area contributed by atoms with E-state index in [1.54, 1.807) is 24.3 Å². The van der Waals surface area contributed by atoms with E-state index >= 15 is 0 Å². The van der Waals surface area contributed by atoms with E-state index in [-0.39, 0.29) is 0 Å². The second-order valence-electron chi connectivity index (χ2n) is 4.69. The molecule has 0 radical (unpaired) electrons. The number of hydrogen-bond donors (Lipinski definition) is 1. The molecule has 0 aliphatic heterocycles. The molecular weight excluding hydrogens is 298 g/mol. The Morgan fingerprint density at radius 3 is 2.39 bits per heavy atom. The Labute approximate surface area is 116 Å². The fourth-order valence-electron chi connectivity index (χ4n) is 1.21. The van der Waals surface area contributed by atoms with Gasteiger partial charge in [-0.3, -0.25) is 5.32 Å². The van der Waals surface area contributed by atoms with Crippen molar-refractivity contribution in [3.05, 3.63) is 24.3 Å². The van der Waals surface area contributed by atoms with Gasteiger partial charge >= 0.3 is 6.09 Å². The highest BCUT2D eigenvalue weighted by atomic mass is 79.9. The third-order valence-corrected chi connectivity index (χ3v) is 2.17. The Kier molecular flexibility index (Phi) is 5.47. The Morgan fingerprint density at radius 1 is 1.28 bits per heavy atom. The summed E-state index contributed by atoms with van der Waals surface area (Å²) >= 11 is 3.28. The van der Waals surface area contributed by atoms with E-state index < -0.39 is 11.7 Å². The van der Waals surface area contributed by atoms with Crippen LogP contribution in [0.15, 0.2) is 24.3 Å². The third-order valence-electron chi connectivity index (χ3n) is 1.85. The molecule has 0 aliphatic rings. The van der Waals surface area contributed by atoms with Crippen LogP contribution in [0.25, 0.3) is 0 Å². The quantitative estimate of drug-likeness (QED) is 0.859. The van der Waals surface area contributed by atoms with Crippen molar-refractivity contribution in [1.29, 1.82) is 0 Å². The largest absolute Gasteiger partial charge is 0.493 e. The number of carbonyl (C=O) groups is 1. The average molecular weight is 316 g/mol. The van der Waals surface area contributed by atoms with Gasteiger partial charge in [0, 0.05) is 11.0 Å². The first kappa shape index (κ1) is 14.8. The second kappa shape index (κ2) is 6.64. The fraction of sp³-hybridized carbons (Fsp3) is 0.462. The number of hydrogen-bond acceptors (Lipinski definition) is 3. The lowest BCUT2D eigenvalue weighted by atomic mass is 10.2. The molecule has 0 saturated heterocycles. The van der Waals surface area contributed by atoms with E-state index in [0.717, 1.165) is 11.1 Å². The van der Waals surface area contributed by atoms with Crippen LogP contribution in [-0.2, 0) is 4.74 Å². The fourth-order valence-corrected chi connectivity index (χ4v) is 1.37. The van der Waals surface area contributed by atoms with Crippen LogP contribution in [0.1, 0.15) is 20.8 Å². The normalized spacial score (nSPS) is 10.9. The minimum Gasteiger partial charge on any atom is -0.493 e. The molecule has 18 heavy (non-hydrogen) atoms. The predicted molar refractivity (Wildman–Crippen MR) is 75.6 cm³/mol. The lowest BCUT2D eigenvalue weighted by molar-refractivity contribution is 0.0636. The van der Waals surface area contributed by atoms with Gasteiger partial charge in [-0.1, -0.05) is 15.9 Å². The lowest BCUT2D eigenvalue weighted by Gasteiger charge is -2.19. The molecule has 0 unspecified atom stereocenters. The van der Waals surface area contributed by atoms with Crippen molar-refractivity contribution < 1.29 is 14.3 Å². The molecule has 0 bridgehead atoms. The number of alkyl halides is 1. The van der Waals surface area contributed by atoms with Crippen molar-refractivity contribution in [2.45, 2.75) is 26.4 Å². The van der Waals surface area contributed by atoms with Crippen molar-refractivity contribution in [3.63, 3.8) is 0 Å². The molecule has 1 N–H and O–H groups in total. The van der Waals surface area contributed by atoms with Gasteiger partial charge in [-0.2, -0.15) is 0 Å². The number of amides is 1. The zero-order chi connectivity index (χ0) is 13.6. The molecule has 1 rings (SSSR count). The highest BCUT2D eigenvalue weighted by Crippen LogP contribution is 2.17. The number of rotatable bonds is 4. The van der Waals surface area contributed by atoms with E-state index in [1.807, 2.05) is 20.8 Å². The minimum atomic E-state index is -0.497. The van der Waals surface area contributed by atoms with Crippen LogP contribution < -0.4 is 10.1 Å². The summed E-state index contributed by atoms with van der Waals surface area (Å²) in [5, 5.41) is 3.44. The summed E-state index contributed by atoms with van der Waals surface area (Å²) in [5.41, 5.74) is 0.179. The molecule has 0 aliphatic carbocycles. The first-order valence-electron chi connectivity index (χ1n) is 5.69. The Balaban J connectivity index is 2.50. The Bertz CT molecular complexity index is 384. The standard InChI is InChI=1S/C13H18BrNO3/c1-13(2,3)18-12(16)15-10-4-6-11(7-5-10)17-9-8-14/h4-7H,8-9H2,1-3H3,(H,15,16). The van der Waals surface area contributed by atoms with E-state index in [9.17, 15) is 4.79 Å². The van der Waals surface area contributed by atoms with E-state index in [1.165, 1.54) is 0 Å². The number of halogens is 1. The Morgan fingerprint density at radius 2 is 1.89 bits per heavy atom. The number of ether oxygens (including phenoxy) is 2. The lowest BCUT2D eigenvalue weighted by Crippen LogP contribution is -2.27. The predicted octanol–water partition coefficient (Wildman–Crippen LogP) is 3.81. The molecule has 4 nitrogen and oxygen atoms in total. The molecule has 1 amide bonds. The van der Waals surface area contributed by atoms with Gasteiger partial charge in [-0.05, 0) is 45.0 Å². The van der Waals surface area contributed by atoms with Gasteiger partial charge < -0.3 is 9.47 Å². The van der Waals surface area contributed by atoms with Crippen LogP contribution in [0.3, 0.4) is 0 Å². The van der Waals surface area contributed by atoms with Crippen molar-refractivity contribution in [1.82, 2.24) is 0 Å². The van der Waals surface area contributed by atoms with Crippen molar-refractivity contribution >= 4 is 27.7 Å². The van der Waals surface area contributed by atoms with Crippen LogP contribution in [0.2, 0.25) is 0 Å². The molecular formula is C13H18BrNO3. The van der Waals surface area contributed by atoms with Gasteiger partial charge in [-0.15, -0.1) is 0 Å². The molecule has 100 valence electrons. The molecule has 0 aromatic heterocycles. The van der Waals surface area contributed by atoms with E-state index in [0.29, 0.717) is 12.3 Å². The molecule has 0 atom stereocenters. The molecule has 1 aromatic carbocycles. The van der Waals surface area contributed by atoms with Crippen molar-refractivity contribution in [2.75, 3.05) is 17.3 Å². The van der Waals surface area contributed by atoms with Crippen LogP contribution in [0.5, 0.6) is 5.75 Å². The topological polar surface area (TPSA) is 47.6 Å². The van der Waals surface area contributed by atoms with Gasteiger partial charge in [0.2, 0.25) is 0 Å². The molecule has 0 spiro atoms. The van der Waals surface area contributed by atoms with Gasteiger partial charge in [0.25, 0.3) is 0 Å². The summed E-state index contributed by atoms with van der Waals surface area (Å²) in [5.74, 6) is 0.768. The number of nitrogens with one attached hydrogen (secondary N) is 1. The second-order valence-corrected chi connectivity index (χ2v) is 5.48. The third kappa shape index (κ3) is 5.91. The maximum atomic E-state index is 11.5. The van der Waals surface area contributed by atoms with Gasteiger partial charge in [-0.25, -0.2) is 4.79 Å². The number of anilines is 1. The van der Waals surface area contributed by atoms with Crippen LogP contribution in [-0.4, -0.2) is 23.6 Å². The smallest absolute Gasteiger partial charge is 0.412 e. The van der Waals surface area contributed by atoms with Crippen molar-refractivity contribution in [2.24, 2.45) is 0 Å². The average Bonchev–Trinajstić information content (AvgIpc) is 2.25. The van der Waals surface area contributed by atoms with Crippen LogP contribution >= 0.6 is 15.9 Å². The highest BCUT2D eigenvalue weighted by Gasteiger charge is 2.15. The summed E-state index contributed by atoms with van der Waals surface area (Å²) in [6.07, 6.45) is -0.461. The first-order chi connectivity index (χ1) is 8.40. The minimum absolute atomic E-state index is 0.461. The van der Waals surface area contributed by atoms with Crippen molar-refractivity contribution in [3.8, 4) is 5.75 Å². The van der Waals surface area contributed by atoms with E-state index in [4.69, 9.17) is 9.47 Å². The summed E-state index contributed by atoms with van der Waals surface area (Å²) in [6.45, 7) is 6.08. The first-order valence-corrected chi connectivity index (χ1v) is 6.82. The zero-order valence-corrected chi connectivity index (χ0v) is 12.4. The molecule has 0 fully saturated rings.